The van der Waals surface area contributed by atoms with Crippen molar-refractivity contribution >= 4 is 47.1 Å². The van der Waals surface area contributed by atoms with E-state index in [4.69, 9.17) is 17.7 Å². The second kappa shape index (κ2) is 15.1. The van der Waals surface area contributed by atoms with Crippen molar-refractivity contribution < 1.29 is 27.3 Å². The lowest BCUT2D eigenvalue weighted by Crippen LogP contribution is -2.52. The number of unbranched alkanes of at least 4 members (excludes halogenated alkanes) is 2. The van der Waals surface area contributed by atoms with Gasteiger partial charge >= 0.3 is 11.9 Å². The normalized spacial score (nSPS) is 14.3. The summed E-state index contributed by atoms with van der Waals surface area (Å²) >= 11 is 0. The molecule has 0 saturated carbocycles. The Kier molecular flexibility index (Phi) is 14.7. The largest absolute Gasteiger partial charge is 0.465 e. The maximum atomic E-state index is 11.1. The topological polar surface area (TPSA) is 71.1 Å². The van der Waals surface area contributed by atoms with Crippen molar-refractivity contribution in [1.82, 2.24) is 0 Å². The summed E-state index contributed by atoms with van der Waals surface area (Å²) in [5, 5.41) is 0. The zero-order chi connectivity index (χ0) is 21.5. The lowest BCUT2D eigenvalue weighted by atomic mass is 10.4. The molecule has 162 valence electrons. The molecule has 1 atom stereocenters. The first-order valence-corrected chi connectivity index (χ1v) is 20.7. The molecule has 1 unspecified atom stereocenters. The van der Waals surface area contributed by atoms with Crippen LogP contribution in [0.1, 0.15) is 25.7 Å². The second-order valence-corrected chi connectivity index (χ2v) is 23.7. The fourth-order valence-electron chi connectivity index (χ4n) is 2.91. The van der Waals surface area contributed by atoms with E-state index in [1.165, 1.54) is 12.2 Å². The van der Waals surface area contributed by atoms with E-state index in [1.54, 1.807) is 0 Å². The highest BCUT2D eigenvalue weighted by Gasteiger charge is 2.36. The minimum atomic E-state index is -1.83. The van der Waals surface area contributed by atoms with Gasteiger partial charge in [-0.05, 0) is 44.6 Å². The molecule has 0 aromatic rings. The fourth-order valence-corrected chi connectivity index (χ4v) is 25.0. The zero-order valence-corrected chi connectivity index (χ0v) is 22.9. The molecular weight excluding hydrogens is 425 g/mol. The Morgan fingerprint density at radius 2 is 1.39 bits per heavy atom. The van der Waals surface area contributed by atoms with Crippen molar-refractivity contribution in [1.29, 1.82) is 0 Å². The standard InChI is InChI=1S/C18H38O6Si4/c1-7-17(19)21-13-9-11-15-27(4,5)24-28(6,26-23-25-3)16-12-10-14-22-18(20)8-2/h7-8H,1-2,9-16,25-26H2,3-6H3. The van der Waals surface area contributed by atoms with E-state index in [-0.39, 0.29) is 11.9 Å². The third-order valence-corrected chi connectivity index (χ3v) is 20.5. The number of carbonyl (C=O) groups excluding carboxylic acids is 2. The van der Waals surface area contributed by atoms with Crippen LogP contribution in [-0.4, -0.2) is 60.3 Å². The summed E-state index contributed by atoms with van der Waals surface area (Å²) in [7, 11) is -4.67. The first kappa shape index (κ1) is 27.2. The van der Waals surface area contributed by atoms with Crippen LogP contribution in [0.2, 0.25) is 38.3 Å². The van der Waals surface area contributed by atoms with E-state index in [2.05, 4.69) is 39.3 Å². The monoisotopic (exact) mass is 462 g/mol. The van der Waals surface area contributed by atoms with Gasteiger partial charge in [0.25, 0.3) is 0 Å². The third kappa shape index (κ3) is 14.2. The van der Waals surface area contributed by atoms with Crippen molar-refractivity contribution in [2.45, 2.75) is 64.0 Å². The molecule has 0 aliphatic heterocycles. The lowest BCUT2D eigenvalue weighted by molar-refractivity contribution is -0.138. The fraction of sp³-hybridized carbons (Fsp3) is 0.667. The smallest absolute Gasteiger partial charge is 0.330 e. The predicted octanol–water partition coefficient (Wildman–Crippen LogP) is 2.53. The zero-order valence-electron chi connectivity index (χ0n) is 18.1. The summed E-state index contributed by atoms with van der Waals surface area (Å²) < 4.78 is 22.9. The number of hydrogen-bond donors (Lipinski definition) is 0. The number of esters is 2. The summed E-state index contributed by atoms with van der Waals surface area (Å²) in [5.74, 6) is -0.725. The van der Waals surface area contributed by atoms with Crippen LogP contribution in [0.5, 0.6) is 0 Å². The maximum Gasteiger partial charge on any atom is 0.330 e. The van der Waals surface area contributed by atoms with Gasteiger partial charge in [0.2, 0.25) is 0 Å². The van der Waals surface area contributed by atoms with Crippen LogP contribution in [0.4, 0.5) is 0 Å². The Morgan fingerprint density at radius 3 is 1.86 bits per heavy atom. The molecule has 10 heteroatoms. The van der Waals surface area contributed by atoms with Crippen molar-refractivity contribution in [3.8, 4) is 0 Å². The summed E-state index contributed by atoms with van der Waals surface area (Å²) in [6, 6.07) is 2.11. The first-order chi connectivity index (χ1) is 13.2. The van der Waals surface area contributed by atoms with Gasteiger partial charge in [0.15, 0.2) is 25.4 Å². The summed E-state index contributed by atoms with van der Waals surface area (Å²) in [6.07, 6.45) is 6.08. The number of carbonyl (C=O) groups is 2. The summed E-state index contributed by atoms with van der Waals surface area (Å²) in [4.78, 5) is 22.2. The van der Waals surface area contributed by atoms with Crippen molar-refractivity contribution in [3.05, 3.63) is 25.3 Å². The van der Waals surface area contributed by atoms with Gasteiger partial charge in [-0.1, -0.05) is 32.5 Å². The molecule has 0 radical (unpaired) electrons. The van der Waals surface area contributed by atoms with Crippen LogP contribution in [0.25, 0.3) is 0 Å². The van der Waals surface area contributed by atoms with Gasteiger partial charge in [-0.25, -0.2) is 9.59 Å². The van der Waals surface area contributed by atoms with Crippen LogP contribution in [0.3, 0.4) is 0 Å². The first-order valence-electron chi connectivity index (χ1n) is 10.0. The van der Waals surface area contributed by atoms with Crippen LogP contribution in [0.15, 0.2) is 25.3 Å². The molecule has 0 aliphatic carbocycles. The second-order valence-electron chi connectivity index (χ2n) is 7.61. The van der Waals surface area contributed by atoms with Crippen LogP contribution < -0.4 is 0 Å². The molecular formula is C18H38O6Si4. The quantitative estimate of drug-likeness (QED) is 0.143. The van der Waals surface area contributed by atoms with Gasteiger partial charge in [-0.15, -0.1) is 0 Å². The molecule has 0 spiro atoms. The molecule has 0 N–H and O–H groups in total. The molecule has 0 aliphatic rings. The Hall–Kier alpha value is -0.792. The predicted molar refractivity (Wildman–Crippen MR) is 125 cm³/mol. The number of hydrogen-bond acceptors (Lipinski definition) is 6. The van der Waals surface area contributed by atoms with E-state index < -0.39 is 35.2 Å². The Labute approximate surface area is 177 Å². The van der Waals surface area contributed by atoms with Crippen LogP contribution in [-0.2, 0) is 27.3 Å². The van der Waals surface area contributed by atoms with Crippen molar-refractivity contribution in [3.63, 3.8) is 0 Å². The molecule has 0 rings (SSSR count). The minimum absolute atomic E-state index is 0.363. The van der Waals surface area contributed by atoms with Gasteiger partial charge in [-0.2, -0.15) is 0 Å². The highest BCUT2D eigenvalue weighted by atomic mass is 29.2. The van der Waals surface area contributed by atoms with Crippen molar-refractivity contribution in [2.24, 2.45) is 0 Å². The average molecular weight is 463 g/mol. The van der Waals surface area contributed by atoms with Crippen LogP contribution in [0, 0.1) is 0 Å². The Balaban J connectivity index is 4.42. The number of ether oxygens (including phenoxy) is 2. The van der Waals surface area contributed by atoms with Crippen LogP contribution >= 0.6 is 0 Å². The molecule has 0 bridgehead atoms. The third-order valence-electron chi connectivity index (χ3n) is 4.23. The highest BCUT2D eigenvalue weighted by Crippen LogP contribution is 2.24. The molecule has 0 fully saturated rings. The van der Waals surface area contributed by atoms with E-state index in [0.717, 1.165) is 37.8 Å². The molecule has 6 nitrogen and oxygen atoms in total. The van der Waals surface area contributed by atoms with Gasteiger partial charge in [-0.3, -0.25) is 0 Å². The molecule has 0 amide bonds. The molecule has 28 heavy (non-hydrogen) atoms. The Morgan fingerprint density at radius 1 is 0.893 bits per heavy atom. The van der Waals surface area contributed by atoms with Crippen molar-refractivity contribution in [2.75, 3.05) is 13.2 Å². The van der Waals surface area contributed by atoms with Gasteiger partial charge < -0.3 is 17.7 Å². The molecule has 0 heterocycles. The Bertz CT molecular complexity index is 500. The molecule has 0 saturated heterocycles. The molecule has 0 aromatic heterocycles. The maximum absolute atomic E-state index is 11.1. The number of rotatable bonds is 17. The van der Waals surface area contributed by atoms with Gasteiger partial charge in [0, 0.05) is 12.2 Å². The minimum Gasteiger partial charge on any atom is -0.465 e. The van der Waals surface area contributed by atoms with E-state index in [9.17, 15) is 9.59 Å². The van der Waals surface area contributed by atoms with Gasteiger partial charge in [0.05, 0.1) is 13.2 Å². The molecule has 0 aromatic carbocycles. The SMILES string of the molecule is C=CC(=O)OCCCC[Si](C)(C)O[Si](C)(CCCCOC(=O)C=C)[SiH2]O[SiH2]C. The van der Waals surface area contributed by atoms with E-state index in [0.29, 0.717) is 13.2 Å². The van der Waals surface area contributed by atoms with E-state index in [1.807, 2.05) is 0 Å². The van der Waals surface area contributed by atoms with E-state index >= 15 is 0 Å². The van der Waals surface area contributed by atoms with Gasteiger partial charge in [0.1, 0.15) is 9.76 Å². The summed E-state index contributed by atoms with van der Waals surface area (Å²) in [6.45, 7) is 16.7. The lowest BCUT2D eigenvalue weighted by Gasteiger charge is -2.36. The average Bonchev–Trinajstić information content (AvgIpc) is 2.64. The summed E-state index contributed by atoms with van der Waals surface area (Å²) in [5.41, 5.74) is 0. The highest BCUT2D eigenvalue weighted by molar-refractivity contribution is 7.21.